The van der Waals surface area contributed by atoms with Crippen LogP contribution in [0.3, 0.4) is 0 Å². The average Bonchev–Trinajstić information content (AvgIpc) is 2.77. The van der Waals surface area contributed by atoms with E-state index in [9.17, 15) is 9.90 Å². The molecule has 0 aromatic carbocycles. The number of hydrogen-bond donors (Lipinski definition) is 2. The van der Waals surface area contributed by atoms with Gasteiger partial charge in [0.15, 0.2) is 0 Å². The standard InChI is InChI=1S/C13H21N3O2/c1-13(2,3)16-8-9(7-15-16)11-10(12(17)18)5-4-6-14-11/h7-8,10-11,14H,4-6H2,1-3H3,(H,17,18). The number of nitrogens with one attached hydrogen (secondary N) is 1. The van der Waals surface area contributed by atoms with Gasteiger partial charge in [-0.2, -0.15) is 5.10 Å². The van der Waals surface area contributed by atoms with Gasteiger partial charge in [-0.3, -0.25) is 9.48 Å². The summed E-state index contributed by atoms with van der Waals surface area (Å²) in [7, 11) is 0. The van der Waals surface area contributed by atoms with Gasteiger partial charge < -0.3 is 10.4 Å². The number of aliphatic carboxylic acids is 1. The third kappa shape index (κ3) is 2.56. The first-order chi connectivity index (χ1) is 8.39. The van der Waals surface area contributed by atoms with Crippen LogP contribution in [0.15, 0.2) is 12.4 Å². The molecule has 2 atom stereocenters. The van der Waals surface area contributed by atoms with E-state index in [0.29, 0.717) is 0 Å². The molecule has 100 valence electrons. The number of carboxylic acid groups (broad SMARTS) is 1. The quantitative estimate of drug-likeness (QED) is 0.840. The molecule has 1 aromatic heterocycles. The number of carbonyl (C=O) groups is 1. The second-order valence-electron chi connectivity index (χ2n) is 5.91. The highest BCUT2D eigenvalue weighted by molar-refractivity contribution is 5.71. The highest BCUT2D eigenvalue weighted by Crippen LogP contribution is 2.30. The van der Waals surface area contributed by atoms with Gasteiger partial charge in [0, 0.05) is 17.8 Å². The topological polar surface area (TPSA) is 67.2 Å². The molecule has 1 aliphatic rings. The van der Waals surface area contributed by atoms with Gasteiger partial charge in [-0.1, -0.05) is 0 Å². The Labute approximate surface area is 107 Å². The largest absolute Gasteiger partial charge is 0.481 e. The van der Waals surface area contributed by atoms with E-state index in [0.717, 1.165) is 24.9 Å². The van der Waals surface area contributed by atoms with Crippen LogP contribution < -0.4 is 5.32 Å². The monoisotopic (exact) mass is 251 g/mol. The molecule has 1 fully saturated rings. The number of piperidine rings is 1. The third-order valence-corrected chi connectivity index (χ3v) is 3.42. The van der Waals surface area contributed by atoms with E-state index >= 15 is 0 Å². The summed E-state index contributed by atoms with van der Waals surface area (Å²) >= 11 is 0. The van der Waals surface area contributed by atoms with Crippen molar-refractivity contribution in [3.05, 3.63) is 18.0 Å². The van der Waals surface area contributed by atoms with E-state index in [2.05, 4.69) is 31.2 Å². The molecule has 0 radical (unpaired) electrons. The van der Waals surface area contributed by atoms with Crippen molar-refractivity contribution < 1.29 is 9.90 Å². The zero-order chi connectivity index (χ0) is 13.3. The molecule has 2 heterocycles. The fraction of sp³-hybridized carbons (Fsp3) is 0.692. The van der Waals surface area contributed by atoms with Gasteiger partial charge in [0.1, 0.15) is 0 Å². The van der Waals surface area contributed by atoms with Crippen molar-refractivity contribution >= 4 is 5.97 Å². The summed E-state index contributed by atoms with van der Waals surface area (Å²) in [5.41, 5.74) is 0.892. The number of rotatable bonds is 2. The predicted octanol–water partition coefficient (Wildman–Crippen LogP) is 1.76. The molecule has 1 aliphatic heterocycles. The van der Waals surface area contributed by atoms with Gasteiger partial charge in [0.2, 0.25) is 0 Å². The van der Waals surface area contributed by atoms with Crippen LogP contribution in [0.2, 0.25) is 0 Å². The van der Waals surface area contributed by atoms with Gasteiger partial charge in [0.25, 0.3) is 0 Å². The molecule has 5 nitrogen and oxygen atoms in total. The lowest BCUT2D eigenvalue weighted by Gasteiger charge is -2.29. The molecule has 2 unspecified atom stereocenters. The summed E-state index contributed by atoms with van der Waals surface area (Å²) in [6.07, 6.45) is 5.39. The number of carboxylic acids is 1. The summed E-state index contributed by atoms with van der Waals surface area (Å²) in [4.78, 5) is 11.3. The number of hydrogen-bond acceptors (Lipinski definition) is 3. The zero-order valence-electron chi connectivity index (χ0n) is 11.2. The fourth-order valence-corrected chi connectivity index (χ4v) is 2.37. The van der Waals surface area contributed by atoms with Crippen molar-refractivity contribution in [3.63, 3.8) is 0 Å². The predicted molar refractivity (Wildman–Crippen MR) is 68.3 cm³/mol. The minimum atomic E-state index is -0.726. The molecule has 1 saturated heterocycles. The van der Waals surface area contributed by atoms with Crippen LogP contribution in [0, 0.1) is 5.92 Å². The van der Waals surface area contributed by atoms with Crippen LogP contribution in [0.5, 0.6) is 0 Å². The summed E-state index contributed by atoms with van der Waals surface area (Å²) in [6.45, 7) is 7.10. The maximum atomic E-state index is 11.3. The number of aromatic nitrogens is 2. The molecule has 0 spiro atoms. The van der Waals surface area contributed by atoms with Crippen LogP contribution in [-0.4, -0.2) is 27.4 Å². The van der Waals surface area contributed by atoms with Crippen molar-refractivity contribution in [2.45, 2.75) is 45.2 Å². The van der Waals surface area contributed by atoms with Crippen molar-refractivity contribution in [2.75, 3.05) is 6.54 Å². The Bertz CT molecular complexity index is 434. The molecule has 18 heavy (non-hydrogen) atoms. The lowest BCUT2D eigenvalue weighted by Crippen LogP contribution is -2.38. The maximum absolute atomic E-state index is 11.3. The Morgan fingerprint density at radius 3 is 2.83 bits per heavy atom. The molecule has 0 bridgehead atoms. The second-order valence-corrected chi connectivity index (χ2v) is 5.91. The molecule has 0 aliphatic carbocycles. The van der Waals surface area contributed by atoms with Crippen molar-refractivity contribution in [1.82, 2.24) is 15.1 Å². The summed E-state index contributed by atoms with van der Waals surface area (Å²) < 4.78 is 1.89. The molecular formula is C13H21N3O2. The smallest absolute Gasteiger partial charge is 0.308 e. The molecule has 0 amide bonds. The van der Waals surface area contributed by atoms with E-state index in [1.165, 1.54) is 0 Å². The van der Waals surface area contributed by atoms with Crippen LogP contribution in [-0.2, 0) is 10.3 Å². The SMILES string of the molecule is CC(C)(C)n1cc(C2NCCCC2C(=O)O)cn1. The van der Waals surface area contributed by atoms with Crippen molar-refractivity contribution in [2.24, 2.45) is 5.92 Å². The maximum Gasteiger partial charge on any atom is 0.308 e. The van der Waals surface area contributed by atoms with Gasteiger partial charge in [0.05, 0.1) is 17.7 Å². The van der Waals surface area contributed by atoms with Crippen LogP contribution in [0.4, 0.5) is 0 Å². The summed E-state index contributed by atoms with van der Waals surface area (Å²) in [6, 6.07) is -0.118. The van der Waals surface area contributed by atoms with Crippen LogP contribution in [0.25, 0.3) is 0 Å². The van der Waals surface area contributed by atoms with Crippen molar-refractivity contribution in [1.29, 1.82) is 0 Å². The van der Waals surface area contributed by atoms with E-state index in [1.807, 2.05) is 10.9 Å². The first kappa shape index (κ1) is 13.1. The second kappa shape index (κ2) is 4.72. The van der Waals surface area contributed by atoms with E-state index < -0.39 is 5.97 Å². The zero-order valence-corrected chi connectivity index (χ0v) is 11.2. The Kier molecular flexibility index (Phi) is 3.43. The number of nitrogens with zero attached hydrogens (tertiary/aromatic N) is 2. The summed E-state index contributed by atoms with van der Waals surface area (Å²) in [5, 5.41) is 16.9. The Morgan fingerprint density at radius 2 is 2.28 bits per heavy atom. The minimum absolute atomic E-state index is 0.0777. The van der Waals surface area contributed by atoms with Gasteiger partial charge in [-0.25, -0.2) is 0 Å². The van der Waals surface area contributed by atoms with Crippen molar-refractivity contribution in [3.8, 4) is 0 Å². The highest BCUT2D eigenvalue weighted by atomic mass is 16.4. The molecule has 5 heteroatoms. The fourth-order valence-electron chi connectivity index (χ4n) is 2.37. The van der Waals surface area contributed by atoms with Crippen LogP contribution >= 0.6 is 0 Å². The Hall–Kier alpha value is -1.36. The highest BCUT2D eigenvalue weighted by Gasteiger charge is 2.32. The Morgan fingerprint density at radius 1 is 1.56 bits per heavy atom. The lowest BCUT2D eigenvalue weighted by atomic mass is 9.87. The van der Waals surface area contributed by atoms with Crippen LogP contribution in [0.1, 0.15) is 45.2 Å². The third-order valence-electron chi connectivity index (χ3n) is 3.42. The van der Waals surface area contributed by atoms with Gasteiger partial charge >= 0.3 is 5.97 Å². The molecular weight excluding hydrogens is 230 g/mol. The molecule has 2 N–H and O–H groups in total. The summed E-state index contributed by atoms with van der Waals surface area (Å²) in [5.74, 6) is -1.08. The molecule has 2 rings (SSSR count). The van der Waals surface area contributed by atoms with Gasteiger partial charge in [-0.15, -0.1) is 0 Å². The molecule has 1 aromatic rings. The Balaban J connectivity index is 2.24. The first-order valence-corrected chi connectivity index (χ1v) is 6.41. The minimum Gasteiger partial charge on any atom is -0.481 e. The first-order valence-electron chi connectivity index (χ1n) is 6.41. The molecule has 0 saturated carbocycles. The average molecular weight is 251 g/mol. The van der Waals surface area contributed by atoms with E-state index in [4.69, 9.17) is 0 Å². The van der Waals surface area contributed by atoms with E-state index in [1.54, 1.807) is 6.20 Å². The van der Waals surface area contributed by atoms with E-state index in [-0.39, 0.29) is 17.5 Å². The lowest BCUT2D eigenvalue weighted by molar-refractivity contribution is -0.143. The van der Waals surface area contributed by atoms with Gasteiger partial charge in [-0.05, 0) is 40.2 Å². The normalized spacial score (nSPS) is 25.1.